The summed E-state index contributed by atoms with van der Waals surface area (Å²) in [6, 6.07) is 5.26. The van der Waals surface area contributed by atoms with Crippen molar-refractivity contribution in [3.05, 3.63) is 41.6 Å². The first kappa shape index (κ1) is 19.8. The summed E-state index contributed by atoms with van der Waals surface area (Å²) in [5, 5.41) is 9.81. The van der Waals surface area contributed by atoms with Gasteiger partial charge in [0.25, 0.3) is 5.91 Å². The van der Waals surface area contributed by atoms with Crippen LogP contribution in [0, 0.1) is 11.3 Å². The number of nitrogens with zero attached hydrogens (tertiary/aromatic N) is 1. The highest BCUT2D eigenvalue weighted by atomic mass is 19.4. The maximum Gasteiger partial charge on any atom is 0.416 e. The van der Waals surface area contributed by atoms with Crippen molar-refractivity contribution in [2.45, 2.75) is 25.4 Å². The maximum absolute atomic E-state index is 12.6. The van der Waals surface area contributed by atoms with Gasteiger partial charge < -0.3 is 21.4 Å². The van der Waals surface area contributed by atoms with Gasteiger partial charge in [-0.15, -0.1) is 0 Å². The summed E-state index contributed by atoms with van der Waals surface area (Å²) >= 11 is 0. The molecule has 1 heterocycles. The zero-order chi connectivity index (χ0) is 19.2. The van der Waals surface area contributed by atoms with Crippen LogP contribution in [-0.4, -0.2) is 31.8 Å². The highest BCUT2D eigenvalue weighted by molar-refractivity contribution is 6.11. The second-order valence-electron chi connectivity index (χ2n) is 6.29. The maximum atomic E-state index is 12.6. The first-order chi connectivity index (χ1) is 12.3. The van der Waals surface area contributed by atoms with Crippen LogP contribution in [0.25, 0.3) is 0 Å². The molecule has 1 fully saturated rings. The van der Waals surface area contributed by atoms with Crippen molar-refractivity contribution < 1.29 is 18.0 Å². The summed E-state index contributed by atoms with van der Waals surface area (Å²) < 4.78 is 37.9. The number of hydrogen-bond donors (Lipinski definition) is 3. The van der Waals surface area contributed by atoms with E-state index in [1.54, 1.807) is 0 Å². The minimum atomic E-state index is -4.31. The van der Waals surface area contributed by atoms with Gasteiger partial charge in [0.05, 0.1) is 11.1 Å². The van der Waals surface area contributed by atoms with Crippen LogP contribution in [0.15, 0.2) is 36.0 Å². The Morgan fingerprint density at radius 2 is 1.88 bits per heavy atom. The van der Waals surface area contributed by atoms with Crippen LogP contribution in [-0.2, 0) is 11.0 Å². The summed E-state index contributed by atoms with van der Waals surface area (Å²) in [4.78, 5) is 13.8. The first-order valence-corrected chi connectivity index (χ1v) is 8.48. The van der Waals surface area contributed by atoms with Crippen molar-refractivity contribution in [3.8, 4) is 0 Å². The van der Waals surface area contributed by atoms with Crippen LogP contribution in [0.5, 0.6) is 0 Å². The lowest BCUT2D eigenvalue weighted by atomic mass is 9.93. The molecule has 1 aliphatic heterocycles. The molecule has 142 valence electrons. The van der Waals surface area contributed by atoms with Gasteiger partial charge in [0.2, 0.25) is 0 Å². The van der Waals surface area contributed by atoms with Gasteiger partial charge in [0.15, 0.2) is 0 Å². The number of alkyl halides is 3. The Hall–Kier alpha value is -2.51. The monoisotopic (exact) mass is 368 g/mol. The number of nitrogens with two attached hydrogens (primary N) is 1. The molecule has 0 radical (unpaired) electrons. The molecule has 1 saturated heterocycles. The number of benzene rings is 1. The SMILES string of the molecule is N=C/C(=C\N)C(=O)NCCC1CCN(c2ccc(C(F)(F)F)cc2)CC1. The molecule has 1 amide bonds. The van der Waals surface area contributed by atoms with Crippen LogP contribution >= 0.6 is 0 Å². The van der Waals surface area contributed by atoms with E-state index in [-0.39, 0.29) is 11.5 Å². The van der Waals surface area contributed by atoms with Crippen LogP contribution in [0.1, 0.15) is 24.8 Å². The molecule has 0 atom stereocenters. The summed E-state index contributed by atoms with van der Waals surface area (Å²) in [5.74, 6) is 0.0935. The predicted molar refractivity (Wildman–Crippen MR) is 95.1 cm³/mol. The molecule has 1 aliphatic rings. The third kappa shape index (κ3) is 5.24. The van der Waals surface area contributed by atoms with Gasteiger partial charge in [-0.1, -0.05) is 0 Å². The molecule has 8 heteroatoms. The lowest BCUT2D eigenvalue weighted by Crippen LogP contribution is -2.35. The van der Waals surface area contributed by atoms with E-state index in [1.165, 1.54) is 12.1 Å². The summed E-state index contributed by atoms with van der Waals surface area (Å²) in [7, 11) is 0. The number of amides is 1. The average molecular weight is 368 g/mol. The first-order valence-electron chi connectivity index (χ1n) is 8.48. The van der Waals surface area contributed by atoms with E-state index in [1.807, 2.05) is 0 Å². The lowest BCUT2D eigenvalue weighted by Gasteiger charge is -2.33. The Bertz CT molecular complexity index is 647. The van der Waals surface area contributed by atoms with Crippen LogP contribution < -0.4 is 16.0 Å². The standard InChI is InChI=1S/C18H23F3N4O/c19-18(20,21)15-1-3-16(4-2-15)25-9-6-13(7-10-25)5-8-24-17(26)14(11-22)12-23/h1-4,11-13,22H,5-10,23H2,(H,24,26)/b14-12+,22-11?. The molecule has 0 bridgehead atoms. The summed E-state index contributed by atoms with van der Waals surface area (Å²) in [5.41, 5.74) is 5.55. The van der Waals surface area contributed by atoms with E-state index in [0.717, 1.165) is 62.6 Å². The quantitative estimate of drug-likeness (QED) is 0.533. The van der Waals surface area contributed by atoms with Crippen LogP contribution in [0.4, 0.5) is 18.9 Å². The fraction of sp³-hybridized carbons (Fsp3) is 0.444. The molecule has 0 spiro atoms. The molecule has 0 saturated carbocycles. The second-order valence-corrected chi connectivity index (χ2v) is 6.29. The molecule has 1 aromatic carbocycles. The van der Waals surface area contributed by atoms with Crippen LogP contribution in [0.2, 0.25) is 0 Å². The Kier molecular flexibility index (Phi) is 6.65. The molecule has 5 nitrogen and oxygen atoms in total. The minimum absolute atomic E-state index is 0.127. The number of nitrogens with one attached hydrogen (secondary N) is 2. The number of anilines is 1. The molecule has 0 aliphatic carbocycles. The molecular weight excluding hydrogens is 345 g/mol. The topological polar surface area (TPSA) is 82.2 Å². The predicted octanol–water partition coefficient (Wildman–Crippen LogP) is 2.92. The zero-order valence-corrected chi connectivity index (χ0v) is 14.4. The molecule has 0 aromatic heterocycles. The van der Waals surface area contributed by atoms with Crippen molar-refractivity contribution in [1.82, 2.24) is 5.32 Å². The van der Waals surface area contributed by atoms with Crippen molar-refractivity contribution in [2.24, 2.45) is 11.7 Å². The number of piperidine rings is 1. The van der Waals surface area contributed by atoms with Crippen molar-refractivity contribution >= 4 is 17.8 Å². The summed E-state index contributed by atoms with van der Waals surface area (Å²) in [6.07, 6.45) is 0.361. The second kappa shape index (κ2) is 8.73. The number of halogens is 3. The molecule has 0 unspecified atom stereocenters. The van der Waals surface area contributed by atoms with Crippen molar-refractivity contribution in [3.63, 3.8) is 0 Å². The smallest absolute Gasteiger partial charge is 0.404 e. The van der Waals surface area contributed by atoms with Gasteiger partial charge in [-0.25, -0.2) is 0 Å². The Morgan fingerprint density at radius 3 is 2.38 bits per heavy atom. The Labute approximate surface area is 150 Å². The van der Waals surface area contributed by atoms with Gasteiger partial charge in [0, 0.05) is 37.7 Å². The van der Waals surface area contributed by atoms with E-state index in [4.69, 9.17) is 11.1 Å². The van der Waals surface area contributed by atoms with E-state index in [9.17, 15) is 18.0 Å². The van der Waals surface area contributed by atoms with Gasteiger partial charge in [-0.3, -0.25) is 4.79 Å². The Balaban J connectivity index is 1.77. The lowest BCUT2D eigenvalue weighted by molar-refractivity contribution is -0.137. The van der Waals surface area contributed by atoms with Gasteiger partial charge in [0.1, 0.15) is 0 Å². The third-order valence-corrected chi connectivity index (χ3v) is 4.61. The molecular formula is C18H23F3N4O. The number of carbonyl (C=O) groups is 1. The fourth-order valence-corrected chi connectivity index (χ4v) is 3.02. The van der Waals surface area contributed by atoms with E-state index in [0.29, 0.717) is 12.5 Å². The Morgan fingerprint density at radius 1 is 1.27 bits per heavy atom. The highest BCUT2D eigenvalue weighted by Crippen LogP contribution is 2.31. The van der Waals surface area contributed by atoms with E-state index >= 15 is 0 Å². The van der Waals surface area contributed by atoms with Gasteiger partial charge >= 0.3 is 6.18 Å². The van der Waals surface area contributed by atoms with Gasteiger partial charge in [-0.05, 0) is 49.4 Å². The van der Waals surface area contributed by atoms with Crippen molar-refractivity contribution in [1.29, 1.82) is 5.41 Å². The molecule has 2 rings (SSSR count). The number of rotatable bonds is 6. The normalized spacial score (nSPS) is 16.4. The molecule has 1 aromatic rings. The third-order valence-electron chi connectivity index (χ3n) is 4.61. The molecule has 26 heavy (non-hydrogen) atoms. The van der Waals surface area contributed by atoms with E-state index in [2.05, 4.69) is 10.2 Å². The average Bonchev–Trinajstić information content (AvgIpc) is 2.63. The van der Waals surface area contributed by atoms with Crippen LogP contribution in [0.3, 0.4) is 0 Å². The fourth-order valence-electron chi connectivity index (χ4n) is 3.02. The largest absolute Gasteiger partial charge is 0.416 e. The number of hydrogen-bond acceptors (Lipinski definition) is 4. The van der Waals surface area contributed by atoms with E-state index < -0.39 is 11.7 Å². The molecule has 4 N–H and O–H groups in total. The number of carbonyl (C=O) groups excluding carboxylic acids is 1. The van der Waals surface area contributed by atoms with Crippen molar-refractivity contribution in [2.75, 3.05) is 24.5 Å². The minimum Gasteiger partial charge on any atom is -0.404 e. The summed E-state index contributed by atoms with van der Waals surface area (Å²) in [6.45, 7) is 2.06. The zero-order valence-electron chi connectivity index (χ0n) is 14.4. The highest BCUT2D eigenvalue weighted by Gasteiger charge is 2.30. The van der Waals surface area contributed by atoms with Gasteiger partial charge in [-0.2, -0.15) is 13.2 Å².